The molecule has 2 N–H and O–H groups in total. The van der Waals surface area contributed by atoms with Crippen LogP contribution < -0.4 is 15.5 Å². The van der Waals surface area contributed by atoms with Gasteiger partial charge in [-0.3, -0.25) is 9.69 Å². The van der Waals surface area contributed by atoms with E-state index < -0.39 is 17.6 Å². The second kappa shape index (κ2) is 10.6. The molecule has 0 spiro atoms. The number of hydrogen-bond donors (Lipinski definition) is 2. The van der Waals surface area contributed by atoms with E-state index in [1.807, 2.05) is 0 Å². The molecule has 33 heavy (non-hydrogen) atoms. The Kier molecular flexibility index (Phi) is 7.79. The van der Waals surface area contributed by atoms with Crippen LogP contribution in [0.5, 0.6) is 0 Å². The highest BCUT2D eigenvalue weighted by Crippen LogP contribution is 2.35. The number of carbonyl (C=O) groups excluding carboxylic acids is 1. The summed E-state index contributed by atoms with van der Waals surface area (Å²) in [6.07, 6.45) is 2.65. The zero-order valence-electron chi connectivity index (χ0n) is 19.0. The molecule has 2 heterocycles. The van der Waals surface area contributed by atoms with Crippen LogP contribution in [0.1, 0.15) is 50.5 Å². The van der Waals surface area contributed by atoms with Crippen molar-refractivity contribution in [2.75, 3.05) is 44.2 Å². The lowest BCUT2D eigenvalue weighted by atomic mass is 9.84. The lowest BCUT2D eigenvalue weighted by molar-refractivity contribution is -0.139. The second-order valence-corrected chi connectivity index (χ2v) is 9.63. The molecule has 3 aliphatic rings. The van der Waals surface area contributed by atoms with Gasteiger partial charge in [-0.15, -0.1) is 0 Å². The monoisotopic (exact) mass is 470 g/mol. The molecule has 4 rings (SSSR count). The van der Waals surface area contributed by atoms with Gasteiger partial charge in [0.05, 0.1) is 17.3 Å². The van der Waals surface area contributed by atoms with Crippen LogP contribution in [0.4, 0.5) is 23.2 Å². The van der Waals surface area contributed by atoms with Crippen LogP contribution in [0.25, 0.3) is 0 Å². The number of benzene rings is 1. The molecule has 0 aromatic heterocycles. The molecule has 2 aliphatic heterocycles. The maximum Gasteiger partial charge on any atom is 0.419 e. The maximum atomic E-state index is 14.4. The van der Waals surface area contributed by atoms with Crippen LogP contribution in [-0.4, -0.2) is 62.2 Å². The predicted octanol–water partition coefficient (Wildman–Crippen LogP) is 3.78. The number of alkyl halides is 3. The average molecular weight is 471 g/mol. The van der Waals surface area contributed by atoms with E-state index in [0.717, 1.165) is 77.2 Å². The van der Waals surface area contributed by atoms with Crippen molar-refractivity contribution in [1.82, 2.24) is 15.5 Å². The number of hydrogen-bond acceptors (Lipinski definition) is 4. The Morgan fingerprint density at radius 1 is 1.06 bits per heavy atom. The molecule has 3 fully saturated rings. The number of anilines is 1. The van der Waals surface area contributed by atoms with Gasteiger partial charge in [0.2, 0.25) is 5.91 Å². The fraction of sp³-hybridized carbons (Fsp3) is 0.708. The van der Waals surface area contributed by atoms with Gasteiger partial charge in [-0.25, -0.2) is 4.39 Å². The van der Waals surface area contributed by atoms with E-state index in [-0.39, 0.29) is 23.7 Å². The van der Waals surface area contributed by atoms with Gasteiger partial charge in [0.15, 0.2) is 5.82 Å². The molecular weight excluding hydrogens is 436 g/mol. The summed E-state index contributed by atoms with van der Waals surface area (Å²) in [6, 6.07) is 3.76. The molecular formula is C24H34F4N4O. The summed E-state index contributed by atoms with van der Waals surface area (Å²) >= 11 is 0. The smallest absolute Gasteiger partial charge is 0.367 e. The van der Waals surface area contributed by atoms with Crippen molar-refractivity contribution in [3.05, 3.63) is 29.6 Å². The van der Waals surface area contributed by atoms with Gasteiger partial charge in [-0.1, -0.05) is 6.07 Å². The average Bonchev–Trinajstić information content (AvgIpc) is 3.34. The molecule has 5 nitrogen and oxygen atoms in total. The van der Waals surface area contributed by atoms with E-state index in [1.165, 1.54) is 12.1 Å². The summed E-state index contributed by atoms with van der Waals surface area (Å²) in [4.78, 5) is 16.3. The van der Waals surface area contributed by atoms with Gasteiger partial charge in [0.25, 0.3) is 0 Å². The number of amides is 1. The first-order chi connectivity index (χ1) is 15.8. The molecule has 184 valence electrons. The molecule has 1 unspecified atom stereocenters. The fourth-order valence-electron chi connectivity index (χ4n) is 5.37. The Balaban J connectivity index is 1.17. The van der Waals surface area contributed by atoms with Crippen LogP contribution in [-0.2, 0) is 11.0 Å². The van der Waals surface area contributed by atoms with Gasteiger partial charge >= 0.3 is 6.18 Å². The van der Waals surface area contributed by atoms with E-state index in [0.29, 0.717) is 19.0 Å². The Hall–Kier alpha value is -1.87. The van der Waals surface area contributed by atoms with Crippen molar-refractivity contribution < 1.29 is 22.4 Å². The summed E-state index contributed by atoms with van der Waals surface area (Å²) in [5, 5.41) is 6.45. The van der Waals surface area contributed by atoms with Crippen molar-refractivity contribution in [2.24, 2.45) is 5.92 Å². The van der Waals surface area contributed by atoms with Gasteiger partial charge in [0.1, 0.15) is 0 Å². The highest BCUT2D eigenvalue weighted by atomic mass is 19.4. The summed E-state index contributed by atoms with van der Waals surface area (Å²) in [5.41, 5.74) is -1.16. The molecule has 0 bridgehead atoms. The van der Waals surface area contributed by atoms with Crippen LogP contribution in [0, 0.1) is 11.7 Å². The summed E-state index contributed by atoms with van der Waals surface area (Å²) in [7, 11) is 0. The quantitative estimate of drug-likeness (QED) is 0.622. The van der Waals surface area contributed by atoms with Crippen LogP contribution in [0.2, 0.25) is 0 Å². The highest BCUT2D eigenvalue weighted by Gasteiger charge is 2.36. The molecule has 1 saturated carbocycles. The SMILES string of the molecule is O=C(NC1CCC(CCN2CCN(c3cccc(C(F)(F)F)c3F)CC2)CC1)C1CCCN1. The molecule has 9 heteroatoms. The minimum absolute atomic E-state index is 0.0224. The van der Waals surface area contributed by atoms with Crippen LogP contribution >= 0.6 is 0 Å². The zero-order chi connectivity index (χ0) is 23.4. The van der Waals surface area contributed by atoms with Crippen LogP contribution in [0.15, 0.2) is 18.2 Å². The number of piperazine rings is 1. The normalized spacial score (nSPS) is 27.0. The Bertz CT molecular complexity index is 796. The van der Waals surface area contributed by atoms with Gasteiger partial charge < -0.3 is 15.5 Å². The summed E-state index contributed by atoms with van der Waals surface area (Å²) in [6.45, 7) is 4.35. The van der Waals surface area contributed by atoms with Crippen molar-refractivity contribution in [2.45, 2.75) is 63.2 Å². The maximum absolute atomic E-state index is 14.4. The zero-order valence-corrected chi connectivity index (χ0v) is 19.0. The number of carbonyl (C=O) groups is 1. The van der Waals surface area contributed by atoms with Crippen molar-refractivity contribution in [3.63, 3.8) is 0 Å². The Morgan fingerprint density at radius 2 is 1.79 bits per heavy atom. The topological polar surface area (TPSA) is 47.6 Å². The molecule has 1 aliphatic carbocycles. The molecule has 0 radical (unpaired) electrons. The lowest BCUT2D eigenvalue weighted by Crippen LogP contribution is -2.47. The summed E-state index contributed by atoms with van der Waals surface area (Å²) in [5.74, 6) is -0.390. The molecule has 1 atom stereocenters. The minimum Gasteiger partial charge on any atom is -0.367 e. The number of rotatable bonds is 6. The molecule has 1 aromatic rings. The lowest BCUT2D eigenvalue weighted by Gasteiger charge is -2.37. The van der Waals surface area contributed by atoms with E-state index in [9.17, 15) is 22.4 Å². The largest absolute Gasteiger partial charge is 0.419 e. The van der Waals surface area contributed by atoms with E-state index in [4.69, 9.17) is 0 Å². The van der Waals surface area contributed by atoms with Crippen molar-refractivity contribution in [1.29, 1.82) is 0 Å². The standard InChI is InChI=1S/C24H34F4N4O/c25-22-19(24(26,27)28)3-1-5-21(22)32-15-13-31(14-16-32)12-10-17-6-8-18(9-7-17)30-23(33)20-4-2-11-29-20/h1,3,5,17-18,20,29H,2,4,6-16H2,(H,30,33). The molecule has 2 saturated heterocycles. The number of nitrogens with one attached hydrogen (secondary N) is 2. The first-order valence-electron chi connectivity index (χ1n) is 12.2. The Morgan fingerprint density at radius 3 is 2.42 bits per heavy atom. The molecule has 1 amide bonds. The summed E-state index contributed by atoms with van der Waals surface area (Å²) < 4.78 is 53.4. The van der Waals surface area contributed by atoms with Gasteiger partial charge in [-0.2, -0.15) is 13.2 Å². The number of nitrogens with zero attached hydrogens (tertiary/aromatic N) is 2. The minimum atomic E-state index is -4.68. The first-order valence-corrected chi connectivity index (χ1v) is 12.2. The van der Waals surface area contributed by atoms with Crippen molar-refractivity contribution >= 4 is 11.6 Å². The first kappa shape index (κ1) is 24.3. The molecule has 1 aromatic carbocycles. The van der Waals surface area contributed by atoms with Crippen LogP contribution in [0.3, 0.4) is 0 Å². The van der Waals surface area contributed by atoms with E-state index >= 15 is 0 Å². The second-order valence-electron chi connectivity index (χ2n) is 9.63. The number of halogens is 4. The van der Waals surface area contributed by atoms with Gasteiger partial charge in [0, 0.05) is 32.2 Å². The highest BCUT2D eigenvalue weighted by molar-refractivity contribution is 5.82. The third-order valence-electron chi connectivity index (χ3n) is 7.42. The van der Waals surface area contributed by atoms with Crippen molar-refractivity contribution in [3.8, 4) is 0 Å². The third kappa shape index (κ3) is 6.18. The fourth-order valence-corrected chi connectivity index (χ4v) is 5.37. The Labute approximate surface area is 192 Å². The van der Waals surface area contributed by atoms with Gasteiger partial charge in [-0.05, 0) is 76.1 Å². The third-order valence-corrected chi connectivity index (χ3v) is 7.42. The van der Waals surface area contributed by atoms with E-state index in [2.05, 4.69) is 15.5 Å². The predicted molar refractivity (Wildman–Crippen MR) is 120 cm³/mol. The van der Waals surface area contributed by atoms with E-state index in [1.54, 1.807) is 4.90 Å².